The second kappa shape index (κ2) is 9.81. The zero-order valence-electron chi connectivity index (χ0n) is 5.94. The Labute approximate surface area is 108 Å². The third-order valence-corrected chi connectivity index (χ3v) is 0.511. The number of hydrogen-bond donors (Lipinski definition) is 1. The maximum atomic E-state index is 9.60. The Morgan fingerprint density at radius 2 is 1.64 bits per heavy atom. The van der Waals surface area contributed by atoms with Gasteiger partial charge in [-0.25, -0.2) is 5.43 Å². The Kier molecular flexibility index (Phi) is 14.9. The molecule has 0 fully saturated rings. The fourth-order valence-corrected chi connectivity index (χ4v) is 0.0527. The summed E-state index contributed by atoms with van der Waals surface area (Å²) in [6, 6.07) is 0. The summed E-state index contributed by atoms with van der Waals surface area (Å²) < 4.78 is -1.40. The van der Waals surface area contributed by atoms with Crippen LogP contribution in [0.2, 0.25) is 0 Å². The topological polar surface area (TPSA) is 32.3 Å². The Hall–Kier alpha value is 3.27. The number of hydrazine groups is 1. The predicted molar refractivity (Wildman–Crippen MR) is 84.7 cm³/mol. The van der Waals surface area contributed by atoms with Crippen LogP contribution in [0.5, 0.6) is 0 Å². The summed E-state index contributed by atoms with van der Waals surface area (Å²) in [6.45, 7) is 0. The van der Waals surface area contributed by atoms with Crippen molar-refractivity contribution in [1.29, 1.82) is 0 Å². The molecule has 0 radical (unpaired) electrons. The van der Waals surface area contributed by atoms with Crippen molar-refractivity contribution in [3.05, 3.63) is 0 Å². The van der Waals surface area contributed by atoms with Crippen LogP contribution in [0.25, 0.3) is 0 Å². The molecule has 0 heterocycles. The Morgan fingerprint density at radius 1 is 1.36 bits per heavy atom. The first kappa shape index (κ1) is 16.7. The molecule has 68 valence electrons. The summed E-state index contributed by atoms with van der Waals surface area (Å²) in [6.07, 6.45) is 0.694. The van der Waals surface area contributed by atoms with Crippen LogP contribution in [0, 0.1) is 0 Å². The molecule has 1 N–H and O–H groups in total. The molecule has 0 atom stereocenters. The molecule has 0 saturated heterocycles. The van der Waals surface area contributed by atoms with Crippen LogP contribution in [-0.2, 0) is 4.79 Å². The molecule has 0 aliphatic carbocycles. The van der Waals surface area contributed by atoms with Crippen LogP contribution in [0.3, 0.4) is 0 Å². The Bertz CT molecular complexity index is 102. The van der Waals surface area contributed by atoms with Gasteiger partial charge in [0.05, 0.1) is 0 Å². The zero-order valence-corrected chi connectivity index (χ0v) is 18.5. The van der Waals surface area contributed by atoms with E-state index in [9.17, 15) is 4.79 Å². The van der Waals surface area contributed by atoms with Gasteiger partial charge in [-0.3, -0.25) is 9.80 Å². The minimum absolute atomic E-state index is 0.694. The van der Waals surface area contributed by atoms with Gasteiger partial charge in [0, 0.05) is 14.1 Å². The van der Waals surface area contributed by atoms with E-state index in [1.807, 2.05) is 0 Å². The standard InChI is InChI=1S/C3H8N2O.4HI.Pb/c1-4-5(2)3-6;;;;;/h3-4H,1-2H3;4*1H;/q;;;;;+4/p-4. The summed E-state index contributed by atoms with van der Waals surface area (Å²) in [5.41, 5.74) is 2.58. The van der Waals surface area contributed by atoms with Gasteiger partial charge in [-0.2, -0.15) is 0 Å². The number of amides is 1. The third kappa shape index (κ3) is 31.9. The molecule has 0 aromatic carbocycles. The molecular weight excluding hydrogens is 795 g/mol. The van der Waals surface area contributed by atoms with Gasteiger partial charge >= 0.3 is 75.0 Å². The van der Waals surface area contributed by atoms with Crippen LogP contribution in [0.1, 0.15) is 0 Å². The summed E-state index contributed by atoms with van der Waals surface area (Å²) >= 11 is 10.2. The van der Waals surface area contributed by atoms with Crippen LogP contribution >= 0.6 is 71.0 Å². The van der Waals surface area contributed by atoms with Crippen molar-refractivity contribution >= 4 is 81.5 Å². The number of hydrogen-bond acceptors (Lipinski definition) is 2. The quantitative estimate of drug-likeness (QED) is 0.202. The molecule has 0 aromatic rings. The van der Waals surface area contributed by atoms with Gasteiger partial charge in [0.2, 0.25) is 6.41 Å². The molecule has 3 nitrogen and oxygen atoms in total. The molecule has 0 rings (SSSR count). The zero-order chi connectivity index (χ0) is 9.49. The van der Waals surface area contributed by atoms with E-state index >= 15 is 0 Å². The van der Waals surface area contributed by atoms with Gasteiger partial charge in [0.15, 0.2) is 0 Å². The van der Waals surface area contributed by atoms with E-state index in [1.165, 1.54) is 5.01 Å². The number of nitrogens with zero attached hydrogens (tertiary/aromatic N) is 1. The van der Waals surface area contributed by atoms with Crippen molar-refractivity contribution in [1.82, 2.24) is 10.4 Å². The van der Waals surface area contributed by atoms with E-state index in [0.29, 0.717) is 6.41 Å². The minimum atomic E-state index is -1.40. The fraction of sp³-hybridized carbons (Fsp3) is 0.667. The second-order valence-electron chi connectivity index (χ2n) is 1.37. The molecule has 11 heavy (non-hydrogen) atoms. The second-order valence-corrected chi connectivity index (χ2v) is 170. The third-order valence-electron chi connectivity index (χ3n) is 0.511. The average molecular weight is 803 g/mol. The van der Waals surface area contributed by atoms with Gasteiger partial charge in [-0.15, -0.1) is 0 Å². The molecule has 0 saturated carbocycles. The molecular formula is C3H8I4N2OPb. The van der Waals surface area contributed by atoms with Crippen molar-refractivity contribution in [2.45, 2.75) is 0 Å². The molecule has 0 aromatic heterocycles. The summed E-state index contributed by atoms with van der Waals surface area (Å²) in [5.74, 6) is 0. The maximum absolute atomic E-state index is 9.60. The Morgan fingerprint density at radius 3 is 1.64 bits per heavy atom. The van der Waals surface area contributed by atoms with E-state index < -0.39 is 4.00 Å². The molecule has 8 heteroatoms. The van der Waals surface area contributed by atoms with Gasteiger partial charge < -0.3 is 0 Å². The summed E-state index contributed by atoms with van der Waals surface area (Å²) in [7, 11) is 3.31. The van der Waals surface area contributed by atoms with Gasteiger partial charge in [0.25, 0.3) is 0 Å². The number of carbonyl (C=O) groups is 1. The first-order valence-corrected chi connectivity index (χ1v) is 46.2. The predicted octanol–water partition coefficient (Wildman–Crippen LogP) is 2.37. The van der Waals surface area contributed by atoms with Crippen LogP contribution < -0.4 is 5.43 Å². The van der Waals surface area contributed by atoms with Crippen molar-refractivity contribution < 1.29 is 4.79 Å². The van der Waals surface area contributed by atoms with Crippen molar-refractivity contribution in [3.8, 4) is 0 Å². The van der Waals surface area contributed by atoms with Crippen LogP contribution in [0.15, 0.2) is 0 Å². The van der Waals surface area contributed by atoms with Gasteiger partial charge in [-0.1, -0.05) is 0 Å². The molecule has 0 unspecified atom stereocenters. The van der Waals surface area contributed by atoms with E-state index in [-0.39, 0.29) is 0 Å². The summed E-state index contributed by atoms with van der Waals surface area (Å²) in [4.78, 5) is 9.60. The van der Waals surface area contributed by atoms with Gasteiger partial charge in [-0.05, 0) is 0 Å². The number of nitrogens with one attached hydrogen (secondary N) is 1. The first-order chi connectivity index (χ1) is 4.81. The summed E-state index contributed by atoms with van der Waals surface area (Å²) in [5, 5.41) is 1.32. The average Bonchev–Trinajstić information content (AvgIpc) is 1.83. The Balaban J connectivity index is 0. The number of rotatable bonds is 2. The van der Waals surface area contributed by atoms with Gasteiger partial charge in [0.1, 0.15) is 0 Å². The number of carbonyl (C=O) groups excluding carboxylic acids is 1. The normalized spacial score (nSPS) is 9.64. The number of halogens is 4. The van der Waals surface area contributed by atoms with Crippen LogP contribution in [-0.4, -0.2) is 29.5 Å². The molecule has 1 amide bonds. The van der Waals surface area contributed by atoms with E-state index in [4.69, 9.17) is 0 Å². The van der Waals surface area contributed by atoms with Crippen LogP contribution in [0.4, 0.5) is 0 Å². The fourth-order valence-electron chi connectivity index (χ4n) is 0.0527. The van der Waals surface area contributed by atoms with E-state index in [0.717, 1.165) is 0 Å². The molecule has 0 spiro atoms. The molecule has 0 aliphatic heterocycles. The SMILES string of the molecule is CNN(C)C=O.[I][Pb]([I])([I])[I]. The van der Waals surface area contributed by atoms with Crippen molar-refractivity contribution in [3.63, 3.8) is 0 Å². The molecule has 0 aliphatic rings. The monoisotopic (exact) mass is 804 g/mol. The van der Waals surface area contributed by atoms with E-state index in [1.54, 1.807) is 14.1 Å². The first-order valence-electron chi connectivity index (χ1n) is 2.42. The molecule has 0 bridgehead atoms. The van der Waals surface area contributed by atoms with Crippen molar-refractivity contribution in [2.75, 3.05) is 14.1 Å². The van der Waals surface area contributed by atoms with E-state index in [2.05, 4.69) is 76.5 Å². The van der Waals surface area contributed by atoms with Crippen molar-refractivity contribution in [2.24, 2.45) is 0 Å².